The van der Waals surface area contributed by atoms with E-state index < -0.39 is 23.4 Å². The first-order valence-electron chi connectivity index (χ1n) is 5.94. The SMILES string of the molecule is CCC(C(=N)C(=O)O)c1nnc(-c2ccccc2F)o1. The van der Waals surface area contributed by atoms with Crippen molar-refractivity contribution in [2.75, 3.05) is 0 Å². The van der Waals surface area contributed by atoms with Crippen LogP contribution in [0, 0.1) is 11.2 Å². The summed E-state index contributed by atoms with van der Waals surface area (Å²) in [5.41, 5.74) is -0.390. The lowest BCUT2D eigenvalue weighted by Gasteiger charge is -2.07. The number of rotatable bonds is 5. The normalized spacial score (nSPS) is 12.1. The quantitative estimate of drug-likeness (QED) is 0.818. The molecule has 0 radical (unpaired) electrons. The van der Waals surface area contributed by atoms with Crippen LogP contribution in [0.3, 0.4) is 0 Å². The summed E-state index contributed by atoms with van der Waals surface area (Å²) < 4.78 is 18.9. The maximum atomic E-state index is 13.6. The van der Waals surface area contributed by atoms with Gasteiger partial charge in [-0.05, 0) is 18.6 Å². The Morgan fingerprint density at radius 3 is 2.75 bits per heavy atom. The zero-order valence-corrected chi connectivity index (χ0v) is 10.6. The van der Waals surface area contributed by atoms with Crippen molar-refractivity contribution >= 4 is 11.7 Å². The molecule has 0 saturated carbocycles. The Kier molecular flexibility index (Phi) is 3.88. The molecule has 0 bridgehead atoms. The van der Waals surface area contributed by atoms with Gasteiger partial charge in [0.05, 0.1) is 11.5 Å². The van der Waals surface area contributed by atoms with Gasteiger partial charge < -0.3 is 9.52 Å². The summed E-state index contributed by atoms with van der Waals surface area (Å²) in [4.78, 5) is 10.8. The van der Waals surface area contributed by atoms with Gasteiger partial charge in [-0.2, -0.15) is 0 Å². The van der Waals surface area contributed by atoms with Gasteiger partial charge in [0.1, 0.15) is 11.5 Å². The Bertz CT molecular complexity index is 654. The smallest absolute Gasteiger partial charge is 0.350 e. The zero-order valence-electron chi connectivity index (χ0n) is 10.6. The maximum Gasteiger partial charge on any atom is 0.350 e. The molecule has 0 aliphatic heterocycles. The number of carboxylic acid groups (broad SMARTS) is 1. The molecule has 0 amide bonds. The highest BCUT2D eigenvalue weighted by atomic mass is 19.1. The minimum atomic E-state index is -1.34. The Balaban J connectivity index is 2.35. The van der Waals surface area contributed by atoms with Crippen LogP contribution >= 0.6 is 0 Å². The number of aliphatic carboxylic acids is 1. The fourth-order valence-corrected chi connectivity index (χ4v) is 1.77. The summed E-state index contributed by atoms with van der Waals surface area (Å²) in [6.07, 6.45) is 0.323. The fourth-order valence-electron chi connectivity index (χ4n) is 1.77. The van der Waals surface area contributed by atoms with E-state index in [2.05, 4.69) is 10.2 Å². The third kappa shape index (κ3) is 2.56. The van der Waals surface area contributed by atoms with Gasteiger partial charge >= 0.3 is 5.97 Å². The number of nitrogens with one attached hydrogen (secondary N) is 1. The highest BCUT2D eigenvalue weighted by molar-refractivity contribution is 6.36. The van der Waals surface area contributed by atoms with E-state index >= 15 is 0 Å². The van der Waals surface area contributed by atoms with Gasteiger partial charge in [0.15, 0.2) is 0 Å². The molecule has 2 N–H and O–H groups in total. The first kappa shape index (κ1) is 13.9. The second-order valence-electron chi connectivity index (χ2n) is 4.10. The summed E-state index contributed by atoms with van der Waals surface area (Å²) in [6, 6.07) is 5.90. The molecule has 7 heteroatoms. The molecule has 6 nitrogen and oxygen atoms in total. The molecule has 0 fully saturated rings. The van der Waals surface area contributed by atoms with Crippen LogP contribution in [0.15, 0.2) is 28.7 Å². The highest BCUT2D eigenvalue weighted by Crippen LogP contribution is 2.26. The second-order valence-corrected chi connectivity index (χ2v) is 4.10. The van der Waals surface area contributed by atoms with Gasteiger partial charge in [-0.3, -0.25) is 5.41 Å². The highest BCUT2D eigenvalue weighted by Gasteiger charge is 2.26. The standard InChI is InChI=1S/C13H12FN3O3/c1-2-7(10(15)13(18)19)11-16-17-12(20-11)8-5-3-4-6-9(8)14/h3-7,15H,2H2,1H3,(H,18,19). The lowest BCUT2D eigenvalue weighted by Crippen LogP contribution is -2.20. The lowest BCUT2D eigenvalue weighted by molar-refractivity contribution is -0.129. The van der Waals surface area contributed by atoms with Gasteiger partial charge in [-0.15, -0.1) is 10.2 Å². The molecular formula is C13H12FN3O3. The Morgan fingerprint density at radius 2 is 2.15 bits per heavy atom. The molecule has 1 aromatic heterocycles. The average molecular weight is 277 g/mol. The van der Waals surface area contributed by atoms with Gasteiger partial charge in [-0.1, -0.05) is 19.1 Å². The molecule has 0 aliphatic carbocycles. The van der Waals surface area contributed by atoms with Crippen molar-refractivity contribution < 1.29 is 18.7 Å². The number of halogens is 1. The predicted molar refractivity (Wildman–Crippen MR) is 68.1 cm³/mol. The number of carboxylic acids is 1. The monoisotopic (exact) mass is 277 g/mol. The number of hydrogen-bond donors (Lipinski definition) is 2. The first-order valence-corrected chi connectivity index (χ1v) is 5.94. The second kappa shape index (κ2) is 5.60. The van der Waals surface area contributed by atoms with Crippen LogP contribution in [0.4, 0.5) is 4.39 Å². The molecule has 0 spiro atoms. The van der Waals surface area contributed by atoms with Crippen LogP contribution in [0.1, 0.15) is 25.2 Å². The number of carbonyl (C=O) groups is 1. The molecule has 20 heavy (non-hydrogen) atoms. The topological polar surface area (TPSA) is 100 Å². The van der Waals surface area contributed by atoms with Gasteiger partial charge in [0.2, 0.25) is 5.89 Å². The van der Waals surface area contributed by atoms with Crippen LogP contribution in [0.5, 0.6) is 0 Å². The molecule has 1 atom stereocenters. The average Bonchev–Trinajstić information content (AvgIpc) is 2.89. The molecule has 0 saturated heterocycles. The van der Waals surface area contributed by atoms with Crippen LogP contribution in [-0.2, 0) is 4.79 Å². The van der Waals surface area contributed by atoms with Gasteiger partial charge in [0.25, 0.3) is 5.89 Å². The van der Waals surface area contributed by atoms with Crippen LogP contribution in [0.2, 0.25) is 0 Å². The Hall–Kier alpha value is -2.57. The Morgan fingerprint density at radius 1 is 1.45 bits per heavy atom. The summed E-state index contributed by atoms with van der Waals surface area (Å²) in [5.74, 6) is -2.69. The molecule has 2 rings (SSSR count). The van der Waals surface area contributed by atoms with E-state index in [0.29, 0.717) is 6.42 Å². The van der Waals surface area contributed by atoms with Crippen molar-refractivity contribution in [3.05, 3.63) is 36.0 Å². The van der Waals surface area contributed by atoms with Crippen molar-refractivity contribution in [1.29, 1.82) is 5.41 Å². The minimum Gasteiger partial charge on any atom is -0.477 e. The molecule has 0 aliphatic rings. The minimum absolute atomic E-state index is 0.00171. The first-order chi connectivity index (χ1) is 9.54. The Labute approximate surface area is 113 Å². The number of hydrogen-bond acceptors (Lipinski definition) is 5. The van der Waals surface area contributed by atoms with Crippen LogP contribution < -0.4 is 0 Å². The third-order valence-corrected chi connectivity index (χ3v) is 2.83. The van der Waals surface area contributed by atoms with E-state index in [1.54, 1.807) is 13.0 Å². The van der Waals surface area contributed by atoms with Crippen molar-refractivity contribution in [3.63, 3.8) is 0 Å². The largest absolute Gasteiger partial charge is 0.477 e. The summed E-state index contributed by atoms with van der Waals surface area (Å²) >= 11 is 0. The molecule has 104 valence electrons. The predicted octanol–water partition coefficient (Wildman–Crippen LogP) is 2.47. The van der Waals surface area contributed by atoms with Crippen molar-refractivity contribution in [1.82, 2.24) is 10.2 Å². The number of aromatic nitrogens is 2. The molecule has 1 heterocycles. The van der Waals surface area contributed by atoms with E-state index in [1.807, 2.05) is 0 Å². The van der Waals surface area contributed by atoms with Gasteiger partial charge in [0, 0.05) is 0 Å². The summed E-state index contributed by atoms with van der Waals surface area (Å²) in [6.45, 7) is 1.70. The lowest BCUT2D eigenvalue weighted by atomic mass is 10.0. The maximum absolute atomic E-state index is 13.6. The van der Waals surface area contributed by atoms with Crippen LogP contribution in [-0.4, -0.2) is 27.0 Å². The molecule has 1 aromatic carbocycles. The van der Waals surface area contributed by atoms with Crippen molar-refractivity contribution in [2.45, 2.75) is 19.3 Å². The van der Waals surface area contributed by atoms with E-state index in [0.717, 1.165) is 0 Å². The molecular weight excluding hydrogens is 265 g/mol. The molecule has 1 unspecified atom stereocenters. The summed E-state index contributed by atoms with van der Waals surface area (Å²) in [7, 11) is 0. The van der Waals surface area contributed by atoms with E-state index in [4.69, 9.17) is 14.9 Å². The fraction of sp³-hybridized carbons (Fsp3) is 0.231. The summed E-state index contributed by atoms with van der Waals surface area (Å²) in [5, 5.41) is 23.8. The zero-order chi connectivity index (χ0) is 14.7. The number of nitrogens with zero attached hydrogens (tertiary/aromatic N) is 2. The molecule has 2 aromatic rings. The van der Waals surface area contributed by atoms with E-state index in [1.165, 1.54) is 18.2 Å². The van der Waals surface area contributed by atoms with Crippen molar-refractivity contribution in [2.24, 2.45) is 0 Å². The van der Waals surface area contributed by atoms with Crippen molar-refractivity contribution in [3.8, 4) is 11.5 Å². The van der Waals surface area contributed by atoms with Gasteiger partial charge in [-0.25, -0.2) is 9.18 Å². The van der Waals surface area contributed by atoms with E-state index in [-0.39, 0.29) is 17.3 Å². The van der Waals surface area contributed by atoms with E-state index in [9.17, 15) is 9.18 Å². The number of benzene rings is 1. The van der Waals surface area contributed by atoms with Crippen LogP contribution in [0.25, 0.3) is 11.5 Å². The third-order valence-electron chi connectivity index (χ3n) is 2.83.